The van der Waals surface area contributed by atoms with E-state index in [2.05, 4.69) is 10.6 Å². The largest absolute Gasteiger partial charge is 0.508 e. The van der Waals surface area contributed by atoms with Crippen LogP contribution in [0.1, 0.15) is 72.4 Å². The van der Waals surface area contributed by atoms with Crippen LogP contribution in [0.4, 0.5) is 10.5 Å². The number of rotatable bonds is 13. The standard InChI is InChI=1S/C31H44N4O7/c1-19(2)8-9-20(3)35(29(39)25(18-26(32)37)34-30(40)42-31(4,5)6)27(21-10-14-23(36)15-11-21)28(38)33-22-12-16-24(41-7)17-13-22/h10-17,19-20,25,27,36H,8-9,18H2,1-7H3,(H2,32,37)(H,33,38)(H,34,40). The number of phenols is 1. The lowest BCUT2D eigenvalue weighted by atomic mass is 9.96. The minimum absolute atomic E-state index is 0.0167. The van der Waals surface area contributed by atoms with Crippen molar-refractivity contribution in [2.45, 2.75) is 84.5 Å². The Morgan fingerprint density at radius 3 is 2.05 bits per heavy atom. The molecule has 0 spiro atoms. The Kier molecular flexibility index (Phi) is 12.2. The molecule has 0 aromatic heterocycles. The van der Waals surface area contributed by atoms with E-state index in [-0.39, 0.29) is 5.75 Å². The molecule has 0 aliphatic heterocycles. The van der Waals surface area contributed by atoms with Crippen LogP contribution in [0.15, 0.2) is 48.5 Å². The summed E-state index contributed by atoms with van der Waals surface area (Å²) >= 11 is 0. The normalized spacial score (nSPS) is 13.4. The summed E-state index contributed by atoms with van der Waals surface area (Å²) in [5.74, 6) is -1.14. The van der Waals surface area contributed by atoms with Crippen molar-refractivity contribution in [3.8, 4) is 11.5 Å². The van der Waals surface area contributed by atoms with Crippen LogP contribution in [0, 0.1) is 5.92 Å². The van der Waals surface area contributed by atoms with Crippen LogP contribution in [0.5, 0.6) is 11.5 Å². The highest BCUT2D eigenvalue weighted by Gasteiger charge is 2.39. The molecule has 3 unspecified atom stereocenters. The molecule has 42 heavy (non-hydrogen) atoms. The van der Waals surface area contributed by atoms with Crippen molar-refractivity contribution in [1.29, 1.82) is 0 Å². The molecule has 5 N–H and O–H groups in total. The summed E-state index contributed by atoms with van der Waals surface area (Å²) < 4.78 is 10.5. The van der Waals surface area contributed by atoms with Gasteiger partial charge in [0.25, 0.3) is 5.91 Å². The summed E-state index contributed by atoms with van der Waals surface area (Å²) in [5, 5.41) is 15.3. The molecular formula is C31H44N4O7. The summed E-state index contributed by atoms with van der Waals surface area (Å²) in [5.41, 5.74) is 5.50. The molecule has 0 saturated carbocycles. The number of primary amides is 1. The van der Waals surface area contributed by atoms with E-state index in [4.69, 9.17) is 15.2 Å². The summed E-state index contributed by atoms with van der Waals surface area (Å²) in [4.78, 5) is 54.4. The summed E-state index contributed by atoms with van der Waals surface area (Å²) in [7, 11) is 1.53. The van der Waals surface area contributed by atoms with E-state index in [0.717, 1.165) is 6.42 Å². The average molecular weight is 585 g/mol. The van der Waals surface area contributed by atoms with E-state index in [1.807, 2.05) is 20.8 Å². The lowest BCUT2D eigenvalue weighted by Crippen LogP contribution is -2.55. The first-order valence-electron chi connectivity index (χ1n) is 13.9. The predicted molar refractivity (Wildman–Crippen MR) is 160 cm³/mol. The number of amides is 4. The first-order chi connectivity index (χ1) is 19.6. The number of hydrogen-bond acceptors (Lipinski definition) is 7. The number of methoxy groups -OCH3 is 1. The number of ether oxygens (including phenoxy) is 2. The molecule has 4 amide bonds. The van der Waals surface area contributed by atoms with Gasteiger partial charge in [0, 0.05) is 11.7 Å². The Labute approximate surface area is 247 Å². The van der Waals surface area contributed by atoms with Gasteiger partial charge in [0.15, 0.2) is 0 Å². The number of carbonyl (C=O) groups is 4. The van der Waals surface area contributed by atoms with Gasteiger partial charge in [-0.25, -0.2) is 4.79 Å². The van der Waals surface area contributed by atoms with E-state index in [9.17, 15) is 24.3 Å². The fourth-order valence-electron chi connectivity index (χ4n) is 4.32. The summed E-state index contributed by atoms with van der Waals surface area (Å²) in [6, 6.07) is 9.55. The number of nitrogens with one attached hydrogen (secondary N) is 2. The average Bonchev–Trinajstić information content (AvgIpc) is 2.89. The molecule has 0 radical (unpaired) electrons. The zero-order valence-electron chi connectivity index (χ0n) is 25.5. The molecule has 2 aromatic carbocycles. The van der Waals surface area contributed by atoms with Crippen LogP contribution >= 0.6 is 0 Å². The molecule has 0 heterocycles. The van der Waals surface area contributed by atoms with Gasteiger partial charge in [0.05, 0.1) is 13.5 Å². The van der Waals surface area contributed by atoms with Crippen LogP contribution in [-0.2, 0) is 19.1 Å². The maximum Gasteiger partial charge on any atom is 0.408 e. The third-order valence-electron chi connectivity index (χ3n) is 6.38. The molecule has 2 rings (SSSR count). The van der Waals surface area contributed by atoms with Crippen LogP contribution in [-0.4, -0.2) is 58.6 Å². The van der Waals surface area contributed by atoms with Crippen molar-refractivity contribution in [2.75, 3.05) is 12.4 Å². The maximum absolute atomic E-state index is 14.3. The molecule has 0 aliphatic carbocycles. The number of alkyl carbamates (subject to hydrolysis) is 1. The maximum atomic E-state index is 14.3. The molecule has 2 aromatic rings. The second-order valence-electron chi connectivity index (χ2n) is 11.6. The van der Waals surface area contributed by atoms with Crippen molar-refractivity contribution in [1.82, 2.24) is 10.2 Å². The van der Waals surface area contributed by atoms with Gasteiger partial charge >= 0.3 is 6.09 Å². The molecule has 11 heteroatoms. The van der Waals surface area contributed by atoms with E-state index >= 15 is 0 Å². The fraction of sp³-hybridized carbons (Fsp3) is 0.484. The van der Waals surface area contributed by atoms with Crippen LogP contribution in [0.3, 0.4) is 0 Å². The van der Waals surface area contributed by atoms with Gasteiger partial charge in [-0.2, -0.15) is 0 Å². The molecule has 0 saturated heterocycles. The first kappa shape index (κ1) is 33.9. The molecule has 3 atom stereocenters. The second-order valence-corrected chi connectivity index (χ2v) is 11.6. The Morgan fingerprint density at radius 2 is 1.55 bits per heavy atom. The topological polar surface area (TPSA) is 160 Å². The predicted octanol–water partition coefficient (Wildman–Crippen LogP) is 4.50. The minimum atomic E-state index is -1.40. The Balaban J connectivity index is 2.61. The highest BCUT2D eigenvalue weighted by Crippen LogP contribution is 2.30. The zero-order chi connectivity index (χ0) is 31.6. The third kappa shape index (κ3) is 10.6. The number of nitrogens with zero attached hydrogens (tertiary/aromatic N) is 1. The van der Waals surface area contributed by atoms with Gasteiger partial charge in [-0.1, -0.05) is 26.0 Å². The molecule has 0 bridgehead atoms. The van der Waals surface area contributed by atoms with Crippen LogP contribution in [0.2, 0.25) is 0 Å². The summed E-state index contributed by atoms with van der Waals surface area (Å²) in [6.07, 6.45) is -0.133. The van der Waals surface area contributed by atoms with E-state index < -0.39 is 54.0 Å². The molecule has 0 aliphatic rings. The Morgan fingerprint density at radius 1 is 0.952 bits per heavy atom. The summed E-state index contributed by atoms with van der Waals surface area (Å²) in [6.45, 7) is 10.9. The lowest BCUT2D eigenvalue weighted by molar-refractivity contribution is -0.144. The SMILES string of the molecule is COc1ccc(NC(=O)C(c2ccc(O)cc2)N(C(=O)C(CC(N)=O)NC(=O)OC(C)(C)C)C(C)CCC(C)C)cc1. The van der Waals surface area contributed by atoms with Gasteiger partial charge in [-0.15, -0.1) is 0 Å². The highest BCUT2D eigenvalue weighted by molar-refractivity contribution is 6.00. The number of aromatic hydroxyl groups is 1. The van der Waals surface area contributed by atoms with Gasteiger partial charge in [0.1, 0.15) is 29.2 Å². The zero-order valence-corrected chi connectivity index (χ0v) is 25.5. The van der Waals surface area contributed by atoms with Crippen molar-refractivity contribution in [3.63, 3.8) is 0 Å². The second kappa shape index (κ2) is 15.1. The number of anilines is 1. The monoisotopic (exact) mass is 584 g/mol. The molecule has 230 valence electrons. The van der Waals surface area contributed by atoms with Crippen molar-refractivity contribution in [2.24, 2.45) is 11.7 Å². The third-order valence-corrected chi connectivity index (χ3v) is 6.38. The van der Waals surface area contributed by atoms with Crippen LogP contribution < -0.4 is 21.1 Å². The smallest absolute Gasteiger partial charge is 0.408 e. The number of phenolic OH excluding ortho intramolecular Hbond substituents is 1. The molecule has 0 fully saturated rings. The quantitative estimate of drug-likeness (QED) is 0.270. The molecular weight excluding hydrogens is 540 g/mol. The van der Waals surface area contributed by atoms with E-state index in [1.54, 1.807) is 57.2 Å². The molecule has 11 nitrogen and oxygen atoms in total. The fourth-order valence-corrected chi connectivity index (χ4v) is 4.32. The van der Waals surface area contributed by atoms with E-state index in [0.29, 0.717) is 29.3 Å². The van der Waals surface area contributed by atoms with Crippen molar-refractivity contribution in [3.05, 3.63) is 54.1 Å². The number of hydrogen-bond donors (Lipinski definition) is 4. The minimum Gasteiger partial charge on any atom is -0.508 e. The van der Waals surface area contributed by atoms with Crippen molar-refractivity contribution < 1.29 is 33.8 Å². The Hall–Kier alpha value is -4.28. The lowest BCUT2D eigenvalue weighted by Gasteiger charge is -2.38. The number of benzene rings is 2. The van der Waals surface area contributed by atoms with Gasteiger partial charge in [0.2, 0.25) is 11.8 Å². The highest BCUT2D eigenvalue weighted by atomic mass is 16.6. The number of nitrogens with two attached hydrogens (primary N) is 1. The first-order valence-corrected chi connectivity index (χ1v) is 13.9. The van der Waals surface area contributed by atoms with Crippen LogP contribution in [0.25, 0.3) is 0 Å². The van der Waals surface area contributed by atoms with Crippen molar-refractivity contribution >= 4 is 29.5 Å². The Bertz CT molecular complexity index is 1210. The number of carbonyl (C=O) groups excluding carboxylic acids is 4. The van der Waals surface area contributed by atoms with Gasteiger partial charge < -0.3 is 35.8 Å². The van der Waals surface area contributed by atoms with E-state index in [1.165, 1.54) is 24.1 Å². The van der Waals surface area contributed by atoms with Gasteiger partial charge in [-0.05, 0) is 88.4 Å². The van der Waals surface area contributed by atoms with Gasteiger partial charge in [-0.3, -0.25) is 14.4 Å².